The number of piperazine rings is 1. The SMILES string of the molecule is COC(=O)c1ccc(NC(=O)C(=O)NCC(c2ccco2)N2CCN(c3ccc(OC)cc3)CC2)cc1. The Hall–Kier alpha value is -4.31. The van der Waals surface area contributed by atoms with E-state index in [1.807, 2.05) is 36.4 Å². The molecule has 1 aliphatic rings. The van der Waals surface area contributed by atoms with Crippen molar-refractivity contribution in [3.63, 3.8) is 0 Å². The summed E-state index contributed by atoms with van der Waals surface area (Å²) in [5.41, 5.74) is 1.86. The van der Waals surface area contributed by atoms with Crippen LogP contribution in [0, 0.1) is 0 Å². The van der Waals surface area contributed by atoms with Gasteiger partial charge in [0.05, 0.1) is 32.1 Å². The highest BCUT2D eigenvalue weighted by molar-refractivity contribution is 6.39. The van der Waals surface area contributed by atoms with Gasteiger partial charge in [-0.2, -0.15) is 0 Å². The average molecular weight is 507 g/mol. The molecule has 2 amide bonds. The molecule has 194 valence electrons. The summed E-state index contributed by atoms with van der Waals surface area (Å²) >= 11 is 0. The first-order valence-corrected chi connectivity index (χ1v) is 11.9. The highest BCUT2D eigenvalue weighted by Gasteiger charge is 2.28. The lowest BCUT2D eigenvalue weighted by atomic mass is 10.1. The van der Waals surface area contributed by atoms with Gasteiger partial charge in [0.15, 0.2) is 0 Å². The predicted octanol–water partition coefficient (Wildman–Crippen LogP) is 2.69. The molecule has 1 unspecified atom stereocenters. The van der Waals surface area contributed by atoms with Crippen LogP contribution in [-0.4, -0.2) is 69.6 Å². The van der Waals surface area contributed by atoms with Gasteiger partial charge in [-0.15, -0.1) is 0 Å². The van der Waals surface area contributed by atoms with Crippen LogP contribution < -0.4 is 20.3 Å². The van der Waals surface area contributed by atoms with E-state index in [1.165, 1.54) is 31.4 Å². The van der Waals surface area contributed by atoms with Crippen LogP contribution in [0.15, 0.2) is 71.3 Å². The number of benzene rings is 2. The number of anilines is 2. The number of rotatable bonds is 8. The van der Waals surface area contributed by atoms with Gasteiger partial charge in [0.2, 0.25) is 0 Å². The molecule has 0 bridgehead atoms. The van der Waals surface area contributed by atoms with E-state index in [9.17, 15) is 14.4 Å². The van der Waals surface area contributed by atoms with Crippen molar-refractivity contribution in [3.05, 3.63) is 78.3 Å². The van der Waals surface area contributed by atoms with Crippen molar-refractivity contribution >= 4 is 29.2 Å². The normalized spacial score (nSPS) is 14.5. The van der Waals surface area contributed by atoms with E-state index in [-0.39, 0.29) is 12.6 Å². The number of methoxy groups -OCH3 is 2. The van der Waals surface area contributed by atoms with E-state index in [0.717, 1.165) is 43.4 Å². The fourth-order valence-electron chi connectivity index (χ4n) is 4.24. The lowest BCUT2D eigenvalue weighted by Gasteiger charge is -2.39. The van der Waals surface area contributed by atoms with E-state index in [0.29, 0.717) is 11.3 Å². The van der Waals surface area contributed by atoms with Gasteiger partial charge >= 0.3 is 17.8 Å². The zero-order valence-corrected chi connectivity index (χ0v) is 20.8. The maximum atomic E-state index is 12.6. The van der Waals surface area contributed by atoms with Gasteiger partial charge < -0.3 is 29.4 Å². The summed E-state index contributed by atoms with van der Waals surface area (Å²) in [4.78, 5) is 41.1. The van der Waals surface area contributed by atoms with E-state index >= 15 is 0 Å². The number of ether oxygens (including phenoxy) is 2. The van der Waals surface area contributed by atoms with Gasteiger partial charge in [-0.1, -0.05) is 0 Å². The molecule has 37 heavy (non-hydrogen) atoms. The Kier molecular flexibility index (Phi) is 8.42. The first-order valence-electron chi connectivity index (χ1n) is 11.9. The molecule has 0 aliphatic carbocycles. The molecule has 4 rings (SSSR count). The van der Waals surface area contributed by atoms with Gasteiger partial charge in [-0.25, -0.2) is 4.79 Å². The Balaban J connectivity index is 1.33. The zero-order valence-electron chi connectivity index (χ0n) is 20.8. The van der Waals surface area contributed by atoms with Crippen LogP contribution >= 0.6 is 0 Å². The lowest BCUT2D eigenvalue weighted by Crippen LogP contribution is -2.50. The minimum atomic E-state index is -0.798. The minimum absolute atomic E-state index is 0.212. The molecule has 1 aliphatic heterocycles. The summed E-state index contributed by atoms with van der Waals surface area (Å²) in [6.07, 6.45) is 1.60. The standard InChI is InChI=1S/C27H30N4O6/c1-35-22-11-9-21(10-12-22)30-13-15-31(16-14-30)23(24-4-3-17-37-24)18-28-25(32)26(33)29-20-7-5-19(6-8-20)27(34)36-2/h3-12,17,23H,13-16,18H2,1-2H3,(H,28,32)(H,29,33). The van der Waals surface area contributed by atoms with Crippen molar-refractivity contribution in [2.24, 2.45) is 0 Å². The quantitative estimate of drug-likeness (QED) is 0.354. The van der Waals surface area contributed by atoms with Gasteiger partial charge in [-0.3, -0.25) is 14.5 Å². The van der Waals surface area contributed by atoms with Crippen molar-refractivity contribution in [3.8, 4) is 5.75 Å². The smallest absolute Gasteiger partial charge is 0.337 e. The van der Waals surface area contributed by atoms with Crippen molar-refractivity contribution in [2.75, 3.05) is 57.2 Å². The highest BCUT2D eigenvalue weighted by Crippen LogP contribution is 2.25. The van der Waals surface area contributed by atoms with Gasteiger partial charge in [0.1, 0.15) is 11.5 Å². The Labute approximate surface area is 215 Å². The molecule has 0 saturated carbocycles. The summed E-state index contributed by atoms with van der Waals surface area (Å²) < 4.78 is 15.6. The molecule has 10 nitrogen and oxygen atoms in total. The molecule has 3 aromatic rings. The monoisotopic (exact) mass is 506 g/mol. The first-order chi connectivity index (χ1) is 18.0. The second-order valence-corrected chi connectivity index (χ2v) is 8.49. The Morgan fingerprint density at radius 3 is 2.22 bits per heavy atom. The van der Waals surface area contributed by atoms with Gasteiger partial charge in [0, 0.05) is 44.1 Å². The third-order valence-electron chi connectivity index (χ3n) is 6.29. The Bertz CT molecular complexity index is 1190. The molecular weight excluding hydrogens is 476 g/mol. The van der Waals surface area contributed by atoms with Crippen LogP contribution in [0.25, 0.3) is 0 Å². The predicted molar refractivity (Wildman–Crippen MR) is 138 cm³/mol. The fraction of sp³-hybridized carbons (Fsp3) is 0.296. The number of furan rings is 1. The van der Waals surface area contributed by atoms with Crippen LogP contribution in [0.1, 0.15) is 22.2 Å². The summed E-state index contributed by atoms with van der Waals surface area (Å²) in [7, 11) is 2.94. The van der Waals surface area contributed by atoms with Crippen LogP contribution in [0.3, 0.4) is 0 Å². The van der Waals surface area contributed by atoms with E-state index in [1.54, 1.807) is 13.4 Å². The lowest BCUT2D eigenvalue weighted by molar-refractivity contribution is -0.136. The number of amides is 2. The average Bonchev–Trinajstić information content (AvgIpc) is 3.48. The number of nitrogens with one attached hydrogen (secondary N) is 2. The van der Waals surface area contributed by atoms with Gasteiger partial charge in [0.25, 0.3) is 0 Å². The second-order valence-electron chi connectivity index (χ2n) is 8.49. The molecule has 1 fully saturated rings. The molecule has 2 N–H and O–H groups in total. The van der Waals surface area contributed by atoms with Crippen molar-refractivity contribution in [1.82, 2.24) is 10.2 Å². The van der Waals surface area contributed by atoms with Crippen LogP contribution in [0.5, 0.6) is 5.75 Å². The maximum Gasteiger partial charge on any atom is 0.337 e. The molecule has 2 heterocycles. The molecule has 10 heteroatoms. The third kappa shape index (κ3) is 6.47. The number of carbonyl (C=O) groups excluding carboxylic acids is 3. The highest BCUT2D eigenvalue weighted by atomic mass is 16.5. The Morgan fingerprint density at radius 2 is 1.62 bits per heavy atom. The summed E-state index contributed by atoms with van der Waals surface area (Å²) in [6.45, 7) is 3.33. The van der Waals surface area contributed by atoms with Crippen molar-refractivity contribution < 1.29 is 28.3 Å². The number of esters is 1. The Morgan fingerprint density at radius 1 is 0.919 bits per heavy atom. The van der Waals surface area contributed by atoms with E-state index in [4.69, 9.17) is 9.15 Å². The molecular formula is C27H30N4O6. The number of hydrogen-bond donors (Lipinski definition) is 2. The summed E-state index contributed by atoms with van der Waals surface area (Å²) in [6, 6.07) is 17.5. The molecule has 2 aromatic carbocycles. The second kappa shape index (κ2) is 12.1. The molecule has 1 saturated heterocycles. The summed E-state index contributed by atoms with van der Waals surface area (Å²) in [5.74, 6) is -0.501. The third-order valence-corrected chi connectivity index (χ3v) is 6.29. The number of nitrogens with zero attached hydrogens (tertiary/aromatic N) is 2. The maximum absolute atomic E-state index is 12.6. The molecule has 1 aromatic heterocycles. The number of carbonyl (C=O) groups is 3. The minimum Gasteiger partial charge on any atom is -0.497 e. The van der Waals surface area contributed by atoms with Crippen molar-refractivity contribution in [1.29, 1.82) is 0 Å². The molecule has 0 spiro atoms. The fourth-order valence-corrected chi connectivity index (χ4v) is 4.24. The molecule has 0 radical (unpaired) electrons. The van der Waals surface area contributed by atoms with Crippen molar-refractivity contribution in [2.45, 2.75) is 6.04 Å². The van der Waals surface area contributed by atoms with E-state index in [2.05, 4.69) is 25.2 Å². The van der Waals surface area contributed by atoms with Gasteiger partial charge in [-0.05, 0) is 60.7 Å². The first kappa shape index (κ1) is 25.8. The van der Waals surface area contributed by atoms with Crippen LogP contribution in [0.4, 0.5) is 11.4 Å². The zero-order chi connectivity index (χ0) is 26.2. The topological polar surface area (TPSA) is 113 Å². The van der Waals surface area contributed by atoms with E-state index < -0.39 is 17.8 Å². The number of hydrogen-bond acceptors (Lipinski definition) is 8. The largest absolute Gasteiger partial charge is 0.497 e. The van der Waals surface area contributed by atoms with Crippen LogP contribution in [0.2, 0.25) is 0 Å². The van der Waals surface area contributed by atoms with Crippen LogP contribution in [-0.2, 0) is 14.3 Å². The summed E-state index contributed by atoms with van der Waals surface area (Å²) in [5, 5.41) is 5.27. The molecule has 1 atom stereocenters.